The highest BCUT2D eigenvalue weighted by Gasteiger charge is 2.22. The third-order valence-electron chi connectivity index (χ3n) is 4.04. The second-order valence-corrected chi connectivity index (χ2v) is 5.93. The number of halogens is 2. The summed E-state index contributed by atoms with van der Waals surface area (Å²) in [5.74, 6) is -1.19. The highest BCUT2D eigenvalue weighted by Crippen LogP contribution is 2.18. The van der Waals surface area contributed by atoms with Gasteiger partial charge in [-0.1, -0.05) is 6.07 Å². The van der Waals surface area contributed by atoms with Crippen LogP contribution in [0.4, 0.5) is 14.7 Å². The third-order valence-corrected chi connectivity index (χ3v) is 4.04. The number of carbonyl (C=O) groups is 1. The van der Waals surface area contributed by atoms with Gasteiger partial charge in [-0.05, 0) is 12.1 Å². The molecule has 1 aliphatic heterocycles. The molecular formula is C18H18F2N6O. The van der Waals surface area contributed by atoms with E-state index in [9.17, 15) is 13.6 Å². The zero-order valence-electron chi connectivity index (χ0n) is 14.6. The molecule has 0 unspecified atom stereocenters. The predicted octanol–water partition coefficient (Wildman–Crippen LogP) is 1.42. The minimum absolute atomic E-state index is 0.0750. The first-order valence-electron chi connectivity index (χ1n) is 8.19. The normalized spacial score (nSPS) is 14.3. The number of carbonyl (C=O) groups excluding carboxylic acids is 1. The van der Waals surface area contributed by atoms with Crippen LogP contribution in [-0.2, 0) is 6.54 Å². The molecule has 0 spiro atoms. The van der Waals surface area contributed by atoms with Gasteiger partial charge in [0.2, 0.25) is 5.95 Å². The topological polar surface area (TPSA) is 96.5 Å². The number of hydrogen-bond acceptors (Lipinski definition) is 6. The Bertz CT molecular complexity index is 928. The number of nitrogens with two attached hydrogens (primary N) is 1. The second-order valence-electron chi connectivity index (χ2n) is 5.93. The van der Waals surface area contributed by atoms with Gasteiger partial charge in [0.25, 0.3) is 5.91 Å². The van der Waals surface area contributed by atoms with Crippen molar-refractivity contribution in [2.45, 2.75) is 6.54 Å². The van der Waals surface area contributed by atoms with Crippen molar-refractivity contribution in [3.8, 4) is 0 Å². The molecule has 0 bridgehead atoms. The number of nitrogens with one attached hydrogen (secondary N) is 1. The van der Waals surface area contributed by atoms with Crippen LogP contribution in [0, 0.1) is 11.6 Å². The largest absolute Gasteiger partial charge is 0.400 e. The summed E-state index contributed by atoms with van der Waals surface area (Å²) in [6, 6.07) is 4.90. The molecule has 2 heterocycles. The van der Waals surface area contributed by atoms with Gasteiger partial charge in [-0.15, -0.1) is 0 Å². The van der Waals surface area contributed by atoms with E-state index < -0.39 is 11.6 Å². The molecule has 140 valence electrons. The molecule has 1 amide bonds. The van der Waals surface area contributed by atoms with Gasteiger partial charge in [-0.2, -0.15) is 0 Å². The molecule has 0 atom stereocenters. The number of hydrogen-bond donors (Lipinski definition) is 2. The van der Waals surface area contributed by atoms with Crippen LogP contribution in [0.3, 0.4) is 0 Å². The van der Waals surface area contributed by atoms with Crippen molar-refractivity contribution >= 4 is 18.1 Å². The average Bonchev–Trinajstić information content (AvgIpc) is 3.04. The van der Waals surface area contributed by atoms with Crippen LogP contribution < -0.4 is 16.0 Å². The average molecular weight is 372 g/mol. The first-order valence-corrected chi connectivity index (χ1v) is 8.19. The summed E-state index contributed by atoms with van der Waals surface area (Å²) >= 11 is 0. The fourth-order valence-electron chi connectivity index (χ4n) is 2.59. The fourth-order valence-corrected chi connectivity index (χ4v) is 2.59. The van der Waals surface area contributed by atoms with Gasteiger partial charge < -0.3 is 16.0 Å². The summed E-state index contributed by atoms with van der Waals surface area (Å²) in [4.78, 5) is 26.1. The van der Waals surface area contributed by atoms with E-state index in [2.05, 4.69) is 20.3 Å². The summed E-state index contributed by atoms with van der Waals surface area (Å²) in [6.45, 7) is 0.882. The smallest absolute Gasteiger partial charge is 0.269 e. The summed E-state index contributed by atoms with van der Waals surface area (Å²) in [5, 5.41) is 2.51. The van der Waals surface area contributed by atoms with Gasteiger partial charge in [0, 0.05) is 48.9 Å². The summed E-state index contributed by atoms with van der Waals surface area (Å²) in [7, 11) is 1.53. The lowest BCUT2D eigenvalue weighted by Gasteiger charge is -2.16. The van der Waals surface area contributed by atoms with Gasteiger partial charge in [0.15, 0.2) is 0 Å². The van der Waals surface area contributed by atoms with Crippen LogP contribution in [0.2, 0.25) is 0 Å². The highest BCUT2D eigenvalue weighted by atomic mass is 19.1. The van der Waals surface area contributed by atoms with E-state index in [0.717, 1.165) is 11.6 Å². The molecule has 3 N–H and O–H groups in total. The quantitative estimate of drug-likeness (QED) is 0.774. The van der Waals surface area contributed by atoms with Crippen molar-refractivity contribution in [3.63, 3.8) is 0 Å². The first-order chi connectivity index (χ1) is 13.0. The fraction of sp³-hybridized carbons (Fsp3) is 0.222. The molecule has 0 aliphatic carbocycles. The molecule has 1 aromatic carbocycles. The molecule has 0 radical (unpaired) electrons. The number of anilines is 1. The Hall–Kier alpha value is -3.36. The minimum atomic E-state index is -0.637. The molecule has 0 saturated carbocycles. The van der Waals surface area contributed by atoms with Crippen LogP contribution in [-0.4, -0.2) is 42.2 Å². The molecule has 27 heavy (non-hydrogen) atoms. The molecule has 0 saturated heterocycles. The monoisotopic (exact) mass is 372 g/mol. The van der Waals surface area contributed by atoms with Gasteiger partial charge >= 0.3 is 0 Å². The number of benzene rings is 1. The van der Waals surface area contributed by atoms with E-state index in [0.29, 0.717) is 30.3 Å². The zero-order chi connectivity index (χ0) is 19.4. The maximum Gasteiger partial charge on any atom is 0.269 e. The molecule has 1 aliphatic rings. The van der Waals surface area contributed by atoms with Crippen LogP contribution in [0.15, 0.2) is 46.7 Å². The van der Waals surface area contributed by atoms with E-state index in [1.165, 1.54) is 31.4 Å². The Kier molecular flexibility index (Phi) is 5.39. The zero-order valence-corrected chi connectivity index (χ0v) is 14.6. The van der Waals surface area contributed by atoms with Gasteiger partial charge in [0.1, 0.15) is 17.3 Å². The summed E-state index contributed by atoms with van der Waals surface area (Å²) in [6.07, 6.45) is 3.08. The predicted molar refractivity (Wildman–Crippen MR) is 97.4 cm³/mol. The van der Waals surface area contributed by atoms with E-state index in [1.807, 2.05) is 4.90 Å². The second kappa shape index (κ2) is 7.90. The molecule has 1 aromatic heterocycles. The number of aromatic nitrogens is 2. The van der Waals surface area contributed by atoms with Crippen LogP contribution in [0.25, 0.3) is 0 Å². The molecular weight excluding hydrogens is 354 g/mol. The maximum absolute atomic E-state index is 13.6. The highest BCUT2D eigenvalue weighted by molar-refractivity contribution is 5.92. The standard InChI is InChI=1S/C18H18F2N6O/c1-22-17(27)16-4-5-24-18(25-16)26-9-12(15(21)10-26)8-23-7-11-2-3-13(19)6-14(11)20/h2-6,8H,7,9-10,21H2,1H3,(H,22,27). The summed E-state index contributed by atoms with van der Waals surface area (Å²) in [5.41, 5.74) is 7.95. The van der Waals surface area contributed by atoms with Crippen molar-refractivity contribution in [2.75, 3.05) is 25.0 Å². The van der Waals surface area contributed by atoms with E-state index in [-0.39, 0.29) is 18.1 Å². The molecule has 2 aromatic rings. The van der Waals surface area contributed by atoms with Crippen molar-refractivity contribution in [1.82, 2.24) is 15.3 Å². The Morgan fingerprint density at radius 3 is 2.93 bits per heavy atom. The molecule has 7 nitrogen and oxygen atoms in total. The van der Waals surface area contributed by atoms with E-state index >= 15 is 0 Å². The lowest BCUT2D eigenvalue weighted by atomic mass is 10.2. The van der Waals surface area contributed by atoms with Crippen molar-refractivity contribution in [3.05, 3.63) is 64.6 Å². The Labute approximate surface area is 154 Å². The van der Waals surface area contributed by atoms with Crippen molar-refractivity contribution in [2.24, 2.45) is 10.7 Å². The maximum atomic E-state index is 13.6. The van der Waals surface area contributed by atoms with Gasteiger partial charge in [-0.3, -0.25) is 9.79 Å². The minimum Gasteiger partial charge on any atom is -0.400 e. The third kappa shape index (κ3) is 4.25. The lowest BCUT2D eigenvalue weighted by Crippen LogP contribution is -2.26. The van der Waals surface area contributed by atoms with Crippen molar-refractivity contribution in [1.29, 1.82) is 0 Å². The van der Waals surface area contributed by atoms with E-state index in [4.69, 9.17) is 5.73 Å². The number of amides is 1. The SMILES string of the molecule is CNC(=O)c1ccnc(N2CC(N)=C(C=NCc3ccc(F)cc3F)C2)n1. The Balaban J connectivity index is 1.67. The number of rotatable bonds is 5. The van der Waals surface area contributed by atoms with Gasteiger partial charge in [-0.25, -0.2) is 18.7 Å². The van der Waals surface area contributed by atoms with E-state index in [1.54, 1.807) is 6.21 Å². The van der Waals surface area contributed by atoms with Gasteiger partial charge in [0.05, 0.1) is 13.1 Å². The van der Waals surface area contributed by atoms with Crippen LogP contribution >= 0.6 is 0 Å². The van der Waals surface area contributed by atoms with Crippen LogP contribution in [0.5, 0.6) is 0 Å². The summed E-state index contributed by atoms with van der Waals surface area (Å²) < 4.78 is 26.6. The molecule has 3 rings (SSSR count). The molecule has 9 heteroatoms. The Morgan fingerprint density at radius 1 is 1.37 bits per heavy atom. The van der Waals surface area contributed by atoms with Crippen molar-refractivity contribution < 1.29 is 13.6 Å². The number of nitrogens with zero attached hydrogens (tertiary/aromatic N) is 4. The number of aliphatic imine (C=N–C) groups is 1. The Morgan fingerprint density at radius 2 is 2.19 bits per heavy atom. The molecule has 0 fully saturated rings. The first kappa shape index (κ1) is 18.4. The lowest BCUT2D eigenvalue weighted by molar-refractivity contribution is 0.0958. The van der Waals surface area contributed by atoms with Crippen LogP contribution in [0.1, 0.15) is 16.1 Å².